The van der Waals surface area contributed by atoms with Crippen molar-refractivity contribution < 1.29 is 14.3 Å². The van der Waals surface area contributed by atoms with E-state index in [4.69, 9.17) is 11.6 Å². The summed E-state index contributed by atoms with van der Waals surface area (Å²) in [4.78, 5) is 12.1. The zero-order valence-corrected chi connectivity index (χ0v) is 12.7. The molecule has 0 atom stereocenters. The van der Waals surface area contributed by atoms with Gasteiger partial charge < -0.3 is 10.4 Å². The fourth-order valence-corrected chi connectivity index (χ4v) is 2.58. The lowest BCUT2D eigenvalue weighted by Crippen LogP contribution is -2.13. The van der Waals surface area contributed by atoms with Gasteiger partial charge in [0, 0.05) is 4.47 Å². The SMILES string of the molecule is Cc1cccc(C(=O)Nc2c(Cl)cc(F)cc2Br)c1O. The summed E-state index contributed by atoms with van der Waals surface area (Å²) < 4.78 is 13.4. The van der Waals surface area contributed by atoms with Crippen molar-refractivity contribution in [3.8, 4) is 5.75 Å². The standard InChI is InChI=1S/C14H10BrClFNO2/c1-7-3-2-4-9(13(7)19)14(20)18-12-10(15)5-8(17)6-11(12)16/h2-6,19H,1H3,(H,18,20). The van der Waals surface area contributed by atoms with E-state index in [9.17, 15) is 14.3 Å². The summed E-state index contributed by atoms with van der Waals surface area (Å²) in [5.41, 5.74) is 0.957. The van der Waals surface area contributed by atoms with Gasteiger partial charge in [0.2, 0.25) is 0 Å². The van der Waals surface area contributed by atoms with E-state index in [-0.39, 0.29) is 22.0 Å². The molecule has 0 aliphatic carbocycles. The van der Waals surface area contributed by atoms with Crippen molar-refractivity contribution in [3.63, 3.8) is 0 Å². The van der Waals surface area contributed by atoms with Crippen LogP contribution in [0.4, 0.5) is 10.1 Å². The minimum atomic E-state index is -0.527. The Labute approximate surface area is 128 Å². The van der Waals surface area contributed by atoms with Gasteiger partial charge in [0.15, 0.2) is 0 Å². The average molecular weight is 359 g/mol. The van der Waals surface area contributed by atoms with Crippen molar-refractivity contribution in [2.24, 2.45) is 0 Å². The number of benzene rings is 2. The minimum absolute atomic E-state index is 0.0670. The number of aromatic hydroxyl groups is 1. The molecule has 0 bridgehead atoms. The number of nitrogens with one attached hydrogen (secondary N) is 1. The molecule has 0 unspecified atom stereocenters. The zero-order chi connectivity index (χ0) is 14.9. The predicted octanol–water partition coefficient (Wildman–Crippen LogP) is 4.51. The van der Waals surface area contributed by atoms with Gasteiger partial charge in [0.25, 0.3) is 5.91 Å². The largest absolute Gasteiger partial charge is 0.507 e. The van der Waals surface area contributed by atoms with E-state index in [0.29, 0.717) is 10.0 Å². The van der Waals surface area contributed by atoms with Crippen LogP contribution in [0.1, 0.15) is 15.9 Å². The highest BCUT2D eigenvalue weighted by Gasteiger charge is 2.16. The normalized spacial score (nSPS) is 10.4. The number of hydrogen-bond donors (Lipinski definition) is 2. The van der Waals surface area contributed by atoms with E-state index in [1.54, 1.807) is 19.1 Å². The first-order chi connectivity index (χ1) is 9.40. The number of phenols is 1. The number of carbonyl (C=O) groups is 1. The highest BCUT2D eigenvalue weighted by Crippen LogP contribution is 2.32. The first kappa shape index (κ1) is 14.8. The quantitative estimate of drug-likeness (QED) is 0.830. The van der Waals surface area contributed by atoms with Crippen molar-refractivity contribution in [3.05, 3.63) is 56.8 Å². The van der Waals surface area contributed by atoms with Crippen LogP contribution in [-0.4, -0.2) is 11.0 Å². The van der Waals surface area contributed by atoms with Gasteiger partial charge in [0.1, 0.15) is 11.6 Å². The molecule has 0 aliphatic heterocycles. The van der Waals surface area contributed by atoms with Gasteiger partial charge in [-0.1, -0.05) is 23.7 Å². The fraction of sp³-hybridized carbons (Fsp3) is 0.0714. The lowest BCUT2D eigenvalue weighted by Gasteiger charge is -2.11. The molecule has 2 aromatic rings. The molecule has 0 aliphatic rings. The molecule has 104 valence electrons. The Morgan fingerprint density at radius 3 is 2.75 bits per heavy atom. The van der Waals surface area contributed by atoms with Crippen LogP contribution >= 0.6 is 27.5 Å². The maximum Gasteiger partial charge on any atom is 0.259 e. The van der Waals surface area contributed by atoms with Gasteiger partial charge in [0.05, 0.1) is 16.3 Å². The molecule has 6 heteroatoms. The number of phenolic OH excluding ortho intramolecular Hbond substituents is 1. The number of carbonyl (C=O) groups excluding carboxylic acids is 1. The number of hydrogen-bond acceptors (Lipinski definition) is 2. The lowest BCUT2D eigenvalue weighted by molar-refractivity contribution is 0.102. The molecule has 0 fully saturated rings. The zero-order valence-electron chi connectivity index (χ0n) is 10.4. The van der Waals surface area contributed by atoms with Crippen LogP contribution in [0.2, 0.25) is 5.02 Å². The summed E-state index contributed by atoms with van der Waals surface area (Å²) in [7, 11) is 0. The van der Waals surface area contributed by atoms with Crippen molar-refractivity contribution in [2.45, 2.75) is 6.92 Å². The van der Waals surface area contributed by atoms with Gasteiger partial charge >= 0.3 is 0 Å². The highest BCUT2D eigenvalue weighted by molar-refractivity contribution is 9.10. The molecule has 3 nitrogen and oxygen atoms in total. The fourth-order valence-electron chi connectivity index (χ4n) is 1.68. The number of aryl methyl sites for hydroxylation is 1. The molecule has 2 N–H and O–H groups in total. The first-order valence-corrected chi connectivity index (χ1v) is 6.81. The third-order valence-electron chi connectivity index (χ3n) is 2.73. The highest BCUT2D eigenvalue weighted by atomic mass is 79.9. The topological polar surface area (TPSA) is 49.3 Å². The predicted molar refractivity (Wildman–Crippen MR) is 79.9 cm³/mol. The van der Waals surface area contributed by atoms with E-state index < -0.39 is 11.7 Å². The summed E-state index contributed by atoms with van der Waals surface area (Å²) in [5.74, 6) is -1.14. The molecular formula is C14H10BrClFNO2. The summed E-state index contributed by atoms with van der Waals surface area (Å²) in [5, 5.41) is 12.5. The van der Waals surface area contributed by atoms with Gasteiger partial charge in [-0.2, -0.15) is 0 Å². The third-order valence-corrected chi connectivity index (χ3v) is 3.65. The van der Waals surface area contributed by atoms with Crippen molar-refractivity contribution >= 4 is 39.1 Å². The second-order valence-corrected chi connectivity index (χ2v) is 5.43. The Balaban J connectivity index is 2.36. The van der Waals surface area contributed by atoms with Crippen LogP contribution in [0.25, 0.3) is 0 Å². The summed E-state index contributed by atoms with van der Waals surface area (Å²) >= 11 is 9.02. The Morgan fingerprint density at radius 2 is 2.10 bits per heavy atom. The van der Waals surface area contributed by atoms with E-state index in [2.05, 4.69) is 21.2 Å². The molecule has 2 aromatic carbocycles. The number of amides is 1. The van der Waals surface area contributed by atoms with Crippen LogP contribution in [-0.2, 0) is 0 Å². The number of para-hydroxylation sites is 1. The lowest BCUT2D eigenvalue weighted by atomic mass is 10.1. The van der Waals surface area contributed by atoms with Gasteiger partial charge in [-0.25, -0.2) is 4.39 Å². The maximum atomic E-state index is 13.1. The van der Waals surface area contributed by atoms with Crippen molar-refractivity contribution in [1.82, 2.24) is 0 Å². The Hall–Kier alpha value is -1.59. The van der Waals surface area contributed by atoms with Crippen LogP contribution in [0.5, 0.6) is 5.75 Å². The minimum Gasteiger partial charge on any atom is -0.507 e. The Bertz CT molecular complexity index is 668. The molecule has 0 aromatic heterocycles. The van der Waals surface area contributed by atoms with Gasteiger partial charge in [-0.3, -0.25) is 4.79 Å². The van der Waals surface area contributed by atoms with Crippen LogP contribution in [0.3, 0.4) is 0 Å². The molecule has 0 heterocycles. The van der Waals surface area contributed by atoms with E-state index in [0.717, 1.165) is 6.07 Å². The van der Waals surface area contributed by atoms with Gasteiger partial charge in [-0.05, 0) is 46.6 Å². The van der Waals surface area contributed by atoms with E-state index in [1.165, 1.54) is 12.1 Å². The van der Waals surface area contributed by atoms with E-state index >= 15 is 0 Å². The van der Waals surface area contributed by atoms with Crippen molar-refractivity contribution in [1.29, 1.82) is 0 Å². The molecule has 20 heavy (non-hydrogen) atoms. The summed E-state index contributed by atoms with van der Waals surface area (Å²) in [6.45, 7) is 1.69. The first-order valence-electron chi connectivity index (χ1n) is 5.64. The Kier molecular flexibility index (Phi) is 4.30. The second kappa shape index (κ2) is 5.81. The molecule has 2 rings (SSSR count). The monoisotopic (exact) mass is 357 g/mol. The molecule has 0 radical (unpaired) electrons. The summed E-state index contributed by atoms with van der Waals surface area (Å²) in [6, 6.07) is 7.12. The van der Waals surface area contributed by atoms with Crippen LogP contribution < -0.4 is 5.32 Å². The molecule has 0 saturated carbocycles. The third kappa shape index (κ3) is 2.94. The molecular weight excluding hydrogens is 349 g/mol. The second-order valence-electron chi connectivity index (χ2n) is 4.17. The molecule has 0 spiro atoms. The smallest absolute Gasteiger partial charge is 0.259 e. The Morgan fingerprint density at radius 1 is 1.40 bits per heavy atom. The van der Waals surface area contributed by atoms with E-state index in [1.807, 2.05) is 0 Å². The van der Waals surface area contributed by atoms with Crippen molar-refractivity contribution in [2.75, 3.05) is 5.32 Å². The number of rotatable bonds is 2. The van der Waals surface area contributed by atoms with Gasteiger partial charge in [-0.15, -0.1) is 0 Å². The number of anilines is 1. The van der Waals surface area contributed by atoms with Crippen LogP contribution in [0, 0.1) is 12.7 Å². The maximum absolute atomic E-state index is 13.1. The number of halogens is 3. The summed E-state index contributed by atoms with van der Waals surface area (Å²) in [6.07, 6.45) is 0. The average Bonchev–Trinajstić information content (AvgIpc) is 2.36. The molecule has 1 amide bonds. The molecule has 0 saturated heterocycles. The van der Waals surface area contributed by atoms with Crippen LogP contribution in [0.15, 0.2) is 34.8 Å².